The van der Waals surface area contributed by atoms with E-state index in [2.05, 4.69) is 0 Å². The van der Waals surface area contributed by atoms with Gasteiger partial charge in [-0.1, -0.05) is 36.1 Å². The van der Waals surface area contributed by atoms with Crippen molar-refractivity contribution in [3.05, 3.63) is 57.2 Å². The van der Waals surface area contributed by atoms with E-state index in [-0.39, 0.29) is 27.1 Å². The van der Waals surface area contributed by atoms with Crippen LogP contribution < -0.4 is 0 Å². The largest absolute Gasteiger partial charge is 0.480 e. The van der Waals surface area contributed by atoms with Crippen molar-refractivity contribution in [1.82, 2.24) is 4.90 Å². The van der Waals surface area contributed by atoms with Gasteiger partial charge in [0.1, 0.15) is 21.9 Å². The van der Waals surface area contributed by atoms with E-state index in [9.17, 15) is 24.8 Å². The maximum Gasteiger partial charge on any atom is 0.326 e. The molecule has 2 heterocycles. The Bertz CT molecular complexity index is 1050. The second-order valence-electron chi connectivity index (χ2n) is 6.16. The molecule has 1 saturated heterocycles. The van der Waals surface area contributed by atoms with Gasteiger partial charge in [-0.05, 0) is 36.6 Å². The van der Waals surface area contributed by atoms with Gasteiger partial charge in [0.25, 0.3) is 11.6 Å². The molecule has 1 fully saturated rings. The van der Waals surface area contributed by atoms with Crippen LogP contribution in [0.5, 0.6) is 0 Å². The van der Waals surface area contributed by atoms with E-state index in [4.69, 9.17) is 16.6 Å². The Morgan fingerprint density at radius 3 is 2.80 bits per heavy atom. The molecule has 1 aromatic heterocycles. The Kier molecular flexibility index (Phi) is 6.95. The molecule has 0 bridgehead atoms. The molecule has 0 radical (unpaired) electrons. The first-order chi connectivity index (χ1) is 14.3. The van der Waals surface area contributed by atoms with Crippen molar-refractivity contribution in [2.75, 3.05) is 12.0 Å². The van der Waals surface area contributed by atoms with E-state index < -0.39 is 22.8 Å². The maximum atomic E-state index is 12.8. The van der Waals surface area contributed by atoms with Gasteiger partial charge in [-0.15, -0.1) is 0 Å². The third kappa shape index (κ3) is 4.58. The molecule has 1 N–H and O–H groups in total. The average Bonchev–Trinajstić information content (AvgIpc) is 3.28. The Morgan fingerprint density at radius 2 is 2.13 bits per heavy atom. The predicted octanol–water partition coefficient (Wildman–Crippen LogP) is 4.26. The number of nitro groups is 1. The molecule has 1 atom stereocenters. The van der Waals surface area contributed by atoms with Crippen LogP contribution in [0.15, 0.2) is 45.7 Å². The van der Waals surface area contributed by atoms with Crippen LogP contribution >= 0.6 is 35.7 Å². The highest BCUT2D eigenvalue weighted by atomic mass is 32.2. The summed E-state index contributed by atoms with van der Waals surface area (Å²) in [6.45, 7) is 0. The van der Waals surface area contributed by atoms with Gasteiger partial charge in [0.15, 0.2) is 0 Å². The SMILES string of the molecule is CSCC[C@@H](C(=O)O)N1C(=O)/C(=C\c2ccc(-c3ccccc3[N+](=O)[O-])o2)SC1=S. The molecule has 30 heavy (non-hydrogen) atoms. The molecule has 2 aromatic rings. The molecule has 8 nitrogen and oxygen atoms in total. The summed E-state index contributed by atoms with van der Waals surface area (Å²) in [6.07, 6.45) is 3.60. The number of nitrogens with zero attached hydrogens (tertiary/aromatic N) is 2. The zero-order valence-corrected chi connectivity index (χ0v) is 18.1. The van der Waals surface area contributed by atoms with Crippen LogP contribution in [0.25, 0.3) is 17.4 Å². The van der Waals surface area contributed by atoms with E-state index in [1.165, 1.54) is 23.9 Å². The van der Waals surface area contributed by atoms with Crippen LogP contribution in [0.2, 0.25) is 0 Å². The van der Waals surface area contributed by atoms with E-state index >= 15 is 0 Å². The molecule has 3 rings (SSSR count). The molecule has 0 saturated carbocycles. The quantitative estimate of drug-likeness (QED) is 0.265. The second-order valence-corrected chi connectivity index (χ2v) is 8.82. The number of benzene rings is 1. The fourth-order valence-electron chi connectivity index (χ4n) is 2.89. The minimum Gasteiger partial charge on any atom is -0.480 e. The van der Waals surface area contributed by atoms with Crippen molar-refractivity contribution >= 4 is 63.7 Å². The molecule has 0 unspecified atom stereocenters. The number of thiocarbonyl (C=S) groups is 1. The molecular formula is C19H16N2O6S3. The molecule has 1 aliphatic rings. The van der Waals surface area contributed by atoms with E-state index in [0.717, 1.165) is 16.7 Å². The van der Waals surface area contributed by atoms with Crippen LogP contribution in [0.1, 0.15) is 12.2 Å². The lowest BCUT2D eigenvalue weighted by Gasteiger charge is -2.22. The minimum absolute atomic E-state index is 0.0946. The number of carbonyl (C=O) groups excluding carboxylic acids is 1. The maximum absolute atomic E-state index is 12.8. The van der Waals surface area contributed by atoms with Gasteiger partial charge in [0.05, 0.1) is 15.4 Å². The van der Waals surface area contributed by atoms with E-state index in [1.54, 1.807) is 30.3 Å². The summed E-state index contributed by atoms with van der Waals surface area (Å²) >= 11 is 7.72. The molecule has 156 valence electrons. The Morgan fingerprint density at radius 1 is 1.40 bits per heavy atom. The van der Waals surface area contributed by atoms with Crippen molar-refractivity contribution in [3.63, 3.8) is 0 Å². The summed E-state index contributed by atoms with van der Waals surface area (Å²) in [4.78, 5) is 36.5. The molecule has 1 aromatic carbocycles. The number of furan rings is 1. The zero-order valence-electron chi connectivity index (χ0n) is 15.6. The normalized spacial score (nSPS) is 16.3. The van der Waals surface area contributed by atoms with Gasteiger partial charge in [-0.2, -0.15) is 11.8 Å². The Labute approximate surface area is 185 Å². The number of carbonyl (C=O) groups is 2. The Hall–Kier alpha value is -2.63. The topological polar surface area (TPSA) is 114 Å². The van der Waals surface area contributed by atoms with Crippen molar-refractivity contribution in [2.24, 2.45) is 0 Å². The second kappa shape index (κ2) is 9.45. The lowest BCUT2D eigenvalue weighted by molar-refractivity contribution is -0.384. The van der Waals surface area contributed by atoms with Gasteiger partial charge < -0.3 is 9.52 Å². The lowest BCUT2D eigenvalue weighted by Crippen LogP contribution is -2.44. The summed E-state index contributed by atoms with van der Waals surface area (Å²) in [5.74, 6) is -0.447. The third-order valence-electron chi connectivity index (χ3n) is 4.28. The minimum atomic E-state index is -1.11. The van der Waals surface area contributed by atoms with Crippen molar-refractivity contribution in [3.8, 4) is 11.3 Å². The van der Waals surface area contributed by atoms with Gasteiger partial charge >= 0.3 is 5.97 Å². The number of amides is 1. The first-order valence-electron chi connectivity index (χ1n) is 8.66. The predicted molar refractivity (Wildman–Crippen MR) is 120 cm³/mol. The number of para-hydroxylation sites is 1. The fraction of sp³-hybridized carbons (Fsp3) is 0.211. The molecule has 11 heteroatoms. The molecule has 0 spiro atoms. The van der Waals surface area contributed by atoms with E-state index in [0.29, 0.717) is 17.1 Å². The monoisotopic (exact) mass is 464 g/mol. The molecule has 0 aliphatic carbocycles. The van der Waals surface area contributed by atoms with Gasteiger partial charge in [-0.3, -0.25) is 19.8 Å². The highest BCUT2D eigenvalue weighted by molar-refractivity contribution is 8.26. The zero-order chi connectivity index (χ0) is 21.8. The molecule has 1 amide bonds. The van der Waals surface area contributed by atoms with Gasteiger partial charge in [0, 0.05) is 12.1 Å². The summed E-state index contributed by atoms with van der Waals surface area (Å²) < 4.78 is 5.86. The smallest absolute Gasteiger partial charge is 0.326 e. The first-order valence-corrected chi connectivity index (χ1v) is 11.3. The number of nitro benzene ring substituents is 1. The lowest BCUT2D eigenvalue weighted by atomic mass is 10.1. The average molecular weight is 465 g/mol. The Balaban J connectivity index is 1.87. The third-order valence-corrected chi connectivity index (χ3v) is 6.26. The summed E-state index contributed by atoms with van der Waals surface area (Å²) in [7, 11) is 0. The summed E-state index contributed by atoms with van der Waals surface area (Å²) in [6, 6.07) is 8.31. The number of hydrogen-bond acceptors (Lipinski definition) is 8. The van der Waals surface area contributed by atoms with Crippen LogP contribution in [-0.4, -0.2) is 49.2 Å². The van der Waals surface area contributed by atoms with Crippen molar-refractivity contribution in [1.29, 1.82) is 0 Å². The number of thioether (sulfide) groups is 2. The van der Waals surface area contributed by atoms with Crippen molar-refractivity contribution in [2.45, 2.75) is 12.5 Å². The molecule has 1 aliphatic heterocycles. The number of carboxylic acid groups (broad SMARTS) is 1. The number of carboxylic acids is 1. The highest BCUT2D eigenvalue weighted by Gasteiger charge is 2.40. The first kappa shape index (κ1) is 22.1. The van der Waals surface area contributed by atoms with Crippen LogP contribution in [0, 0.1) is 10.1 Å². The number of aliphatic carboxylic acids is 1. The van der Waals surface area contributed by atoms with Crippen LogP contribution in [0.3, 0.4) is 0 Å². The van der Waals surface area contributed by atoms with Gasteiger partial charge in [-0.25, -0.2) is 4.79 Å². The van der Waals surface area contributed by atoms with Gasteiger partial charge in [0.2, 0.25) is 0 Å². The number of hydrogen-bond donors (Lipinski definition) is 1. The number of rotatable bonds is 8. The highest BCUT2D eigenvalue weighted by Crippen LogP contribution is 2.36. The fourth-order valence-corrected chi connectivity index (χ4v) is 4.68. The van der Waals surface area contributed by atoms with Crippen LogP contribution in [-0.2, 0) is 9.59 Å². The van der Waals surface area contributed by atoms with Crippen LogP contribution in [0.4, 0.5) is 5.69 Å². The standard InChI is InChI=1S/C19H16N2O6S3/c1-29-9-8-14(18(23)24)20-17(22)16(30-19(20)28)10-11-6-7-15(27-11)12-4-2-3-5-13(12)21(25)26/h2-7,10,14H,8-9H2,1H3,(H,23,24)/b16-10+/t14-/m0/s1. The summed E-state index contributed by atoms with van der Waals surface area (Å²) in [5, 5.41) is 20.7. The molecular weight excluding hydrogens is 448 g/mol. The van der Waals surface area contributed by atoms with Crippen molar-refractivity contribution < 1.29 is 24.0 Å². The summed E-state index contributed by atoms with van der Waals surface area (Å²) in [5.41, 5.74) is 0.223. The van der Waals surface area contributed by atoms with E-state index in [1.807, 2.05) is 6.26 Å².